The van der Waals surface area contributed by atoms with Gasteiger partial charge in [-0.15, -0.1) is 0 Å². The molecule has 0 aliphatic heterocycles. The first kappa shape index (κ1) is 14.0. The summed E-state index contributed by atoms with van der Waals surface area (Å²) >= 11 is 6.20. The fourth-order valence-electron chi connectivity index (χ4n) is 1.17. The average Bonchev–Trinajstić information content (AvgIpc) is 2.10. The molecule has 1 rings (SSSR count). The predicted molar refractivity (Wildman–Crippen MR) is 67.4 cm³/mol. The number of ether oxygens (including phenoxy) is 1. The molecule has 3 nitrogen and oxygen atoms in total. The van der Waals surface area contributed by atoms with Gasteiger partial charge >= 0.3 is 7.12 Å². The Balaban J connectivity index is 3.33. The van der Waals surface area contributed by atoms with Gasteiger partial charge in [0.1, 0.15) is 0 Å². The van der Waals surface area contributed by atoms with E-state index in [9.17, 15) is 4.39 Å². The second-order valence-electron chi connectivity index (χ2n) is 3.44. The molecule has 0 radical (unpaired) electrons. The van der Waals surface area contributed by atoms with Gasteiger partial charge in [0.25, 0.3) is 0 Å². The van der Waals surface area contributed by atoms with Crippen LogP contribution in [-0.2, 0) is 0 Å². The van der Waals surface area contributed by atoms with E-state index in [1.54, 1.807) is 13.8 Å². The Hall–Kier alpha value is -0.105. The minimum atomic E-state index is -1.89. The average molecular weight is 356 g/mol. The van der Waals surface area contributed by atoms with Crippen molar-refractivity contribution >= 4 is 44.4 Å². The van der Waals surface area contributed by atoms with E-state index in [-0.39, 0.29) is 21.8 Å². The summed E-state index contributed by atoms with van der Waals surface area (Å²) in [6.45, 7) is 3.51. The van der Waals surface area contributed by atoms with E-state index in [1.165, 1.54) is 6.07 Å². The normalized spacial score (nSPS) is 10.8. The summed E-state index contributed by atoms with van der Waals surface area (Å²) in [5, 5.41) is 18.1. The van der Waals surface area contributed by atoms with Crippen molar-refractivity contribution in [2.24, 2.45) is 0 Å². The highest BCUT2D eigenvalue weighted by Crippen LogP contribution is 2.31. The highest BCUT2D eigenvalue weighted by Gasteiger charge is 2.26. The van der Waals surface area contributed by atoms with Gasteiger partial charge in [-0.25, -0.2) is 4.39 Å². The Morgan fingerprint density at radius 3 is 2.31 bits per heavy atom. The number of hydrogen-bond acceptors (Lipinski definition) is 3. The van der Waals surface area contributed by atoms with Crippen LogP contribution in [-0.4, -0.2) is 23.3 Å². The van der Waals surface area contributed by atoms with Crippen LogP contribution < -0.4 is 10.2 Å². The van der Waals surface area contributed by atoms with Crippen LogP contribution in [0.25, 0.3) is 0 Å². The molecule has 2 N–H and O–H groups in total. The van der Waals surface area contributed by atoms with Crippen LogP contribution >= 0.6 is 31.9 Å². The van der Waals surface area contributed by atoms with Gasteiger partial charge in [-0.2, -0.15) is 0 Å². The van der Waals surface area contributed by atoms with Gasteiger partial charge in [-0.05, 0) is 35.8 Å². The van der Waals surface area contributed by atoms with Crippen LogP contribution in [0.1, 0.15) is 13.8 Å². The van der Waals surface area contributed by atoms with Crippen molar-refractivity contribution < 1.29 is 19.2 Å². The monoisotopic (exact) mass is 354 g/mol. The van der Waals surface area contributed by atoms with Gasteiger partial charge in [-0.3, -0.25) is 0 Å². The van der Waals surface area contributed by atoms with Gasteiger partial charge in [0, 0.05) is 9.94 Å². The predicted octanol–water partition coefficient (Wildman–Crippen LogP) is 1.82. The third kappa shape index (κ3) is 2.97. The van der Waals surface area contributed by atoms with Crippen LogP contribution in [0.15, 0.2) is 15.0 Å². The summed E-state index contributed by atoms with van der Waals surface area (Å²) in [7, 11) is -1.89. The van der Waals surface area contributed by atoms with E-state index < -0.39 is 12.9 Å². The van der Waals surface area contributed by atoms with Crippen molar-refractivity contribution in [2.45, 2.75) is 20.0 Å². The fraction of sp³-hybridized carbons (Fsp3) is 0.333. The molecule has 0 unspecified atom stereocenters. The lowest BCUT2D eigenvalue weighted by atomic mass is 9.80. The van der Waals surface area contributed by atoms with Crippen molar-refractivity contribution in [3.05, 3.63) is 20.8 Å². The van der Waals surface area contributed by atoms with Crippen molar-refractivity contribution in [3.8, 4) is 5.75 Å². The first-order valence-electron chi connectivity index (χ1n) is 4.54. The van der Waals surface area contributed by atoms with E-state index in [2.05, 4.69) is 31.9 Å². The van der Waals surface area contributed by atoms with Gasteiger partial charge in [0.05, 0.1) is 10.6 Å². The van der Waals surface area contributed by atoms with Crippen molar-refractivity contribution in [1.29, 1.82) is 0 Å². The van der Waals surface area contributed by atoms with E-state index in [0.717, 1.165) is 0 Å². The van der Waals surface area contributed by atoms with Gasteiger partial charge < -0.3 is 14.8 Å². The lowest BCUT2D eigenvalue weighted by Gasteiger charge is -2.15. The third-order valence-corrected chi connectivity index (χ3v) is 3.02. The zero-order valence-electron chi connectivity index (χ0n) is 8.67. The Labute approximate surface area is 110 Å². The van der Waals surface area contributed by atoms with Crippen molar-refractivity contribution in [1.82, 2.24) is 0 Å². The summed E-state index contributed by atoms with van der Waals surface area (Å²) in [5.74, 6) is -0.814. The number of halogens is 3. The highest BCUT2D eigenvalue weighted by atomic mass is 79.9. The molecule has 16 heavy (non-hydrogen) atoms. The minimum absolute atomic E-state index is 0.0266. The Bertz CT molecular complexity index is 399. The topological polar surface area (TPSA) is 49.7 Å². The smallest absolute Gasteiger partial charge is 0.487 e. The standard InChI is InChI=1S/C9H10BBr2FO3/c1-4(2)16-9-6(12)3-5(11)7(8(9)13)10(14)15/h3-4,14-15H,1-2H3. The zero-order chi connectivity index (χ0) is 12.5. The van der Waals surface area contributed by atoms with E-state index in [1.807, 2.05) is 0 Å². The van der Waals surface area contributed by atoms with E-state index in [0.29, 0.717) is 4.47 Å². The second-order valence-corrected chi connectivity index (χ2v) is 5.15. The SMILES string of the molecule is CC(C)Oc1c(Br)cc(Br)c(B(O)O)c1F. The Morgan fingerprint density at radius 2 is 1.88 bits per heavy atom. The zero-order valence-corrected chi connectivity index (χ0v) is 11.8. The molecule has 88 valence electrons. The lowest BCUT2D eigenvalue weighted by Crippen LogP contribution is -2.34. The molecule has 7 heteroatoms. The maximum absolute atomic E-state index is 13.9. The molecule has 0 aliphatic carbocycles. The second kappa shape index (κ2) is 5.49. The molecule has 0 aliphatic rings. The van der Waals surface area contributed by atoms with Gasteiger partial charge in [0.15, 0.2) is 11.6 Å². The third-order valence-electron chi connectivity index (χ3n) is 1.78. The molecule has 0 heterocycles. The number of benzene rings is 1. The van der Waals surface area contributed by atoms with E-state index in [4.69, 9.17) is 14.8 Å². The molecular formula is C9H10BBr2FO3. The van der Waals surface area contributed by atoms with Crippen LogP contribution in [0.4, 0.5) is 4.39 Å². The lowest BCUT2D eigenvalue weighted by molar-refractivity contribution is 0.229. The number of hydrogen-bond donors (Lipinski definition) is 2. The molecule has 0 atom stereocenters. The summed E-state index contributed by atoms with van der Waals surface area (Å²) in [4.78, 5) is 0. The van der Waals surface area contributed by atoms with E-state index >= 15 is 0 Å². The van der Waals surface area contributed by atoms with Crippen LogP contribution in [0, 0.1) is 5.82 Å². The first-order valence-corrected chi connectivity index (χ1v) is 6.13. The molecule has 0 saturated heterocycles. The summed E-state index contributed by atoms with van der Waals surface area (Å²) < 4.78 is 19.8. The molecule has 1 aromatic rings. The van der Waals surface area contributed by atoms with Crippen molar-refractivity contribution in [3.63, 3.8) is 0 Å². The van der Waals surface area contributed by atoms with Gasteiger partial charge in [0.2, 0.25) is 0 Å². The maximum Gasteiger partial charge on any atom is 0.492 e. The molecule has 0 aromatic heterocycles. The molecule has 0 bridgehead atoms. The summed E-state index contributed by atoms with van der Waals surface area (Å²) in [6, 6.07) is 1.51. The van der Waals surface area contributed by atoms with Gasteiger partial charge in [-0.1, -0.05) is 15.9 Å². The quantitative estimate of drug-likeness (QED) is 0.813. The number of rotatable bonds is 3. The van der Waals surface area contributed by atoms with Crippen LogP contribution in [0.5, 0.6) is 5.75 Å². The molecule has 0 spiro atoms. The van der Waals surface area contributed by atoms with Crippen LogP contribution in [0.2, 0.25) is 0 Å². The summed E-state index contributed by atoms with van der Waals surface area (Å²) in [6.07, 6.45) is -0.212. The first-order chi connectivity index (χ1) is 7.34. The molecule has 0 saturated carbocycles. The minimum Gasteiger partial charge on any atom is -0.487 e. The van der Waals surface area contributed by atoms with Crippen molar-refractivity contribution in [2.75, 3.05) is 0 Å². The van der Waals surface area contributed by atoms with Crippen LogP contribution in [0.3, 0.4) is 0 Å². The molecule has 0 amide bonds. The highest BCUT2D eigenvalue weighted by molar-refractivity contribution is 9.11. The Kier molecular flexibility index (Phi) is 4.79. The maximum atomic E-state index is 13.9. The summed E-state index contributed by atoms with van der Waals surface area (Å²) in [5.41, 5.74) is -0.237. The fourth-order valence-corrected chi connectivity index (χ4v) is 2.58. The Morgan fingerprint density at radius 1 is 1.31 bits per heavy atom. The molecule has 0 fully saturated rings. The largest absolute Gasteiger partial charge is 0.492 e. The molecule has 1 aromatic carbocycles. The molecular weight excluding hydrogens is 346 g/mol.